The van der Waals surface area contributed by atoms with E-state index in [1.165, 1.54) is 4.40 Å². The topological polar surface area (TPSA) is 69.9 Å². The minimum Gasteiger partial charge on any atom is -0.388 e. The summed E-state index contributed by atoms with van der Waals surface area (Å²) < 4.78 is 1.51. The van der Waals surface area contributed by atoms with Crippen molar-refractivity contribution in [2.24, 2.45) is 5.92 Å². The molecule has 0 amide bonds. The molecule has 2 aliphatic rings. The lowest BCUT2D eigenvalue weighted by Crippen LogP contribution is -2.45. The summed E-state index contributed by atoms with van der Waals surface area (Å²) in [6.45, 7) is 4.47. The number of aliphatic hydroxyl groups is 1. The van der Waals surface area contributed by atoms with E-state index in [2.05, 4.69) is 10.2 Å². The molecule has 3 atom stereocenters. The molecule has 0 aliphatic carbocycles. The van der Waals surface area contributed by atoms with Gasteiger partial charge in [-0.15, -0.1) is 0 Å². The van der Waals surface area contributed by atoms with E-state index in [0.717, 1.165) is 32.5 Å². The summed E-state index contributed by atoms with van der Waals surface area (Å²) in [6.07, 6.45) is 3.09. The van der Waals surface area contributed by atoms with Gasteiger partial charge in [0.15, 0.2) is 0 Å². The first kappa shape index (κ1) is 14.7. The van der Waals surface area contributed by atoms with Gasteiger partial charge in [0.25, 0.3) is 5.56 Å². The zero-order valence-corrected chi connectivity index (χ0v) is 13.3. The first-order valence-corrected chi connectivity index (χ1v) is 8.33. The number of fused-ring (bicyclic) bond motifs is 2. The smallest absolute Gasteiger partial charge is 0.265 e. The van der Waals surface area contributed by atoms with Gasteiger partial charge in [0.2, 0.25) is 0 Å². The Morgan fingerprint density at radius 2 is 2.26 bits per heavy atom. The fraction of sp³-hybridized carbons (Fsp3) is 0.529. The van der Waals surface area contributed by atoms with Crippen molar-refractivity contribution in [2.45, 2.75) is 31.9 Å². The van der Waals surface area contributed by atoms with Crippen molar-refractivity contribution in [1.29, 1.82) is 0 Å². The maximum Gasteiger partial charge on any atom is 0.265 e. The largest absolute Gasteiger partial charge is 0.388 e. The Kier molecular flexibility index (Phi) is 3.58. The van der Waals surface area contributed by atoms with Gasteiger partial charge in [-0.1, -0.05) is 6.07 Å². The quantitative estimate of drug-likeness (QED) is 0.863. The Balaban J connectivity index is 1.82. The summed E-state index contributed by atoms with van der Waals surface area (Å²) in [5.41, 5.74) is 0.856. The van der Waals surface area contributed by atoms with Crippen LogP contribution in [0.3, 0.4) is 0 Å². The van der Waals surface area contributed by atoms with Gasteiger partial charge in [-0.05, 0) is 44.4 Å². The minimum absolute atomic E-state index is 0.174. The number of hydrogen-bond donors (Lipinski definition) is 2. The van der Waals surface area contributed by atoms with Crippen molar-refractivity contribution in [2.75, 3.05) is 24.5 Å². The minimum atomic E-state index is -0.832. The highest BCUT2D eigenvalue weighted by Gasteiger charge is 2.34. The zero-order chi connectivity index (χ0) is 16.0. The molecule has 2 aliphatic heterocycles. The van der Waals surface area contributed by atoms with Gasteiger partial charge in [0.05, 0.1) is 11.7 Å². The third-order valence-electron chi connectivity index (χ3n) is 5.12. The normalized spacial score (nSPS) is 25.6. The van der Waals surface area contributed by atoms with Crippen LogP contribution in [-0.2, 0) is 0 Å². The number of rotatable bonds is 2. The van der Waals surface area contributed by atoms with Crippen molar-refractivity contribution in [3.8, 4) is 0 Å². The monoisotopic (exact) mass is 314 g/mol. The second kappa shape index (κ2) is 5.62. The summed E-state index contributed by atoms with van der Waals surface area (Å²) >= 11 is 0. The van der Waals surface area contributed by atoms with Crippen LogP contribution in [0.1, 0.15) is 31.4 Å². The molecule has 4 rings (SSSR count). The molecule has 6 heteroatoms. The highest BCUT2D eigenvalue weighted by molar-refractivity contribution is 5.54. The molecule has 2 aromatic heterocycles. The third kappa shape index (κ3) is 2.42. The van der Waals surface area contributed by atoms with Crippen LogP contribution in [0.15, 0.2) is 29.2 Å². The van der Waals surface area contributed by atoms with E-state index in [1.807, 2.05) is 12.1 Å². The lowest BCUT2D eigenvalue weighted by Gasteiger charge is -2.36. The molecule has 0 aromatic carbocycles. The van der Waals surface area contributed by atoms with Crippen LogP contribution in [0.2, 0.25) is 0 Å². The molecular formula is C17H22N4O2. The summed E-state index contributed by atoms with van der Waals surface area (Å²) in [6, 6.07) is 6.10. The Morgan fingerprint density at radius 3 is 3.09 bits per heavy atom. The number of nitrogens with one attached hydrogen (secondary N) is 1. The summed E-state index contributed by atoms with van der Waals surface area (Å²) in [4.78, 5) is 19.7. The number of aliphatic hydroxyl groups excluding tert-OH is 1. The van der Waals surface area contributed by atoms with Gasteiger partial charge >= 0.3 is 0 Å². The Bertz CT molecular complexity index is 786. The molecule has 0 radical (unpaired) electrons. The van der Waals surface area contributed by atoms with Crippen molar-refractivity contribution >= 4 is 11.5 Å². The highest BCUT2D eigenvalue weighted by atomic mass is 16.3. The lowest BCUT2D eigenvalue weighted by molar-refractivity contribution is 0.197. The molecule has 0 spiro atoms. The van der Waals surface area contributed by atoms with Crippen molar-refractivity contribution in [1.82, 2.24) is 14.7 Å². The number of nitrogens with zero attached hydrogens (tertiary/aromatic N) is 3. The molecule has 2 aromatic rings. The van der Waals surface area contributed by atoms with Gasteiger partial charge in [-0.2, -0.15) is 0 Å². The van der Waals surface area contributed by atoms with Crippen LogP contribution in [0.5, 0.6) is 0 Å². The van der Waals surface area contributed by atoms with E-state index in [1.54, 1.807) is 19.2 Å². The maximum absolute atomic E-state index is 12.8. The first-order valence-electron chi connectivity index (χ1n) is 8.33. The number of anilines is 1. The van der Waals surface area contributed by atoms with Gasteiger partial charge < -0.3 is 15.3 Å². The summed E-state index contributed by atoms with van der Waals surface area (Å²) in [5, 5.41) is 13.7. The summed E-state index contributed by atoms with van der Waals surface area (Å²) in [7, 11) is 0. The van der Waals surface area contributed by atoms with E-state index < -0.39 is 6.10 Å². The molecule has 2 fully saturated rings. The van der Waals surface area contributed by atoms with E-state index in [0.29, 0.717) is 29.0 Å². The SMILES string of the molecule is CC(O)c1c(N2CCC3NCCC3C2)nc2ccccn2c1=O. The van der Waals surface area contributed by atoms with Gasteiger partial charge in [-0.25, -0.2) is 4.98 Å². The molecule has 23 heavy (non-hydrogen) atoms. The predicted molar refractivity (Wildman–Crippen MR) is 88.8 cm³/mol. The molecule has 2 saturated heterocycles. The van der Waals surface area contributed by atoms with E-state index in [-0.39, 0.29) is 5.56 Å². The lowest BCUT2D eigenvalue weighted by atomic mass is 9.93. The standard InChI is InChI=1S/C17H22N4O2/c1-11(22)15-16(19-14-4-2-3-8-21(14)17(15)23)20-9-6-13-12(10-20)5-7-18-13/h2-4,8,11-13,18,22H,5-7,9-10H2,1H3. The number of aromatic nitrogens is 2. The van der Waals surface area contributed by atoms with Gasteiger partial charge in [-0.3, -0.25) is 9.20 Å². The van der Waals surface area contributed by atoms with Crippen molar-refractivity contribution in [3.05, 3.63) is 40.3 Å². The highest BCUT2D eigenvalue weighted by Crippen LogP contribution is 2.30. The van der Waals surface area contributed by atoms with E-state index in [9.17, 15) is 9.90 Å². The molecular weight excluding hydrogens is 292 g/mol. The van der Waals surface area contributed by atoms with Crippen molar-refractivity contribution < 1.29 is 5.11 Å². The Hall–Kier alpha value is -1.92. The fourth-order valence-corrected chi connectivity index (χ4v) is 3.94. The van der Waals surface area contributed by atoms with Crippen LogP contribution in [0.25, 0.3) is 5.65 Å². The van der Waals surface area contributed by atoms with Gasteiger partial charge in [0.1, 0.15) is 11.5 Å². The molecule has 122 valence electrons. The van der Waals surface area contributed by atoms with E-state index >= 15 is 0 Å². The predicted octanol–water partition coefficient (Wildman–Crippen LogP) is 0.936. The zero-order valence-electron chi connectivity index (χ0n) is 13.3. The number of pyridine rings is 1. The molecule has 4 heterocycles. The molecule has 6 nitrogen and oxygen atoms in total. The van der Waals surface area contributed by atoms with Crippen LogP contribution in [0, 0.1) is 5.92 Å². The fourth-order valence-electron chi connectivity index (χ4n) is 3.94. The van der Waals surface area contributed by atoms with Crippen LogP contribution < -0.4 is 15.8 Å². The van der Waals surface area contributed by atoms with Crippen LogP contribution in [-0.4, -0.2) is 40.2 Å². The summed E-state index contributed by atoms with van der Waals surface area (Å²) in [5.74, 6) is 1.25. The second-order valence-electron chi connectivity index (χ2n) is 6.60. The average Bonchev–Trinajstić information content (AvgIpc) is 3.02. The molecule has 3 unspecified atom stereocenters. The molecule has 0 saturated carbocycles. The number of piperidine rings is 1. The van der Waals surface area contributed by atoms with Crippen molar-refractivity contribution in [3.63, 3.8) is 0 Å². The second-order valence-corrected chi connectivity index (χ2v) is 6.60. The van der Waals surface area contributed by atoms with E-state index in [4.69, 9.17) is 4.98 Å². The average molecular weight is 314 g/mol. The Morgan fingerprint density at radius 1 is 1.39 bits per heavy atom. The van der Waals surface area contributed by atoms with Crippen LogP contribution in [0.4, 0.5) is 5.82 Å². The number of hydrogen-bond acceptors (Lipinski definition) is 5. The van der Waals surface area contributed by atoms with Gasteiger partial charge in [0, 0.05) is 25.3 Å². The maximum atomic E-state index is 12.8. The molecule has 0 bridgehead atoms. The van der Waals surface area contributed by atoms with Crippen LogP contribution >= 0.6 is 0 Å². The molecule has 2 N–H and O–H groups in total. The first-order chi connectivity index (χ1) is 11.1. The Labute approximate surface area is 134 Å². The third-order valence-corrected chi connectivity index (χ3v) is 5.12.